The predicted octanol–water partition coefficient (Wildman–Crippen LogP) is -0.0410. The van der Waals surface area contributed by atoms with E-state index in [1.165, 1.54) is 33.1 Å². The number of hydrogen-bond donors (Lipinski definition) is 3. The summed E-state index contributed by atoms with van der Waals surface area (Å²) >= 11 is 1.29. The second-order valence-electron chi connectivity index (χ2n) is 8.11. The molecular weight excluding hydrogens is 486 g/mol. The summed E-state index contributed by atoms with van der Waals surface area (Å²) in [5.74, 6) is -2.02. The number of nitrogens with one attached hydrogen (secondary N) is 3. The smallest absolute Gasteiger partial charge is 0.408 e. The van der Waals surface area contributed by atoms with E-state index >= 15 is 0 Å². The van der Waals surface area contributed by atoms with Crippen LogP contribution in [-0.4, -0.2) is 100 Å². The van der Waals surface area contributed by atoms with Gasteiger partial charge in [-0.05, 0) is 27.2 Å². The highest BCUT2D eigenvalue weighted by Gasteiger charge is 2.27. The van der Waals surface area contributed by atoms with Crippen LogP contribution in [0.2, 0.25) is 0 Å². The Morgan fingerprint density at radius 3 is 2.00 bits per heavy atom. The molecule has 2 atom stereocenters. The molecule has 0 saturated carbocycles. The van der Waals surface area contributed by atoms with Crippen LogP contribution in [0.25, 0.3) is 0 Å². The normalized spacial score (nSPS) is 12.8. The highest BCUT2D eigenvalue weighted by molar-refractivity contribution is 7.99. The summed E-state index contributed by atoms with van der Waals surface area (Å²) in [6.07, 6.45) is -1.65. The maximum Gasteiger partial charge on any atom is 0.408 e. The van der Waals surface area contributed by atoms with Crippen LogP contribution < -0.4 is 16.0 Å². The van der Waals surface area contributed by atoms with Crippen LogP contribution in [0.15, 0.2) is 0 Å². The molecule has 0 saturated heterocycles. The zero-order valence-electron chi connectivity index (χ0n) is 21.3. The quantitative estimate of drug-likeness (QED) is 0.150. The minimum Gasteiger partial charge on any atom is -0.468 e. The van der Waals surface area contributed by atoms with Crippen LogP contribution in [0.4, 0.5) is 4.79 Å². The second-order valence-corrected chi connectivity index (χ2v) is 9.19. The molecule has 0 spiro atoms. The number of thioether (sulfide) groups is 1. The van der Waals surface area contributed by atoms with Crippen molar-refractivity contribution in [2.45, 2.75) is 57.6 Å². The average Bonchev–Trinajstić information content (AvgIpc) is 2.80. The van der Waals surface area contributed by atoms with Crippen molar-refractivity contribution in [2.24, 2.45) is 0 Å². The Hall–Kier alpha value is -2.58. The van der Waals surface area contributed by atoms with Gasteiger partial charge in [0.05, 0.1) is 14.2 Å². The number of hydrogen-bond acceptors (Lipinski definition) is 11. The molecule has 0 fully saturated rings. The highest BCUT2D eigenvalue weighted by atomic mass is 32.2. The molecule has 202 valence electrons. The van der Waals surface area contributed by atoms with Crippen molar-refractivity contribution < 1.29 is 47.7 Å². The molecule has 3 N–H and O–H groups in total. The van der Waals surface area contributed by atoms with Crippen molar-refractivity contribution >= 4 is 41.6 Å². The zero-order valence-corrected chi connectivity index (χ0v) is 22.1. The first-order valence-electron chi connectivity index (χ1n) is 10.7. The SMILES string of the molecule is COC(=O)CNC(=O)[C@H](CSCC(OC)OC)NC(=O)CC[C@H](NC(=O)OC(C)(C)C)C(=O)OC. The molecule has 35 heavy (non-hydrogen) atoms. The molecule has 0 heterocycles. The van der Waals surface area contributed by atoms with Crippen LogP contribution >= 0.6 is 11.8 Å². The Morgan fingerprint density at radius 1 is 0.857 bits per heavy atom. The first-order valence-corrected chi connectivity index (χ1v) is 11.9. The zero-order chi connectivity index (χ0) is 27.0. The van der Waals surface area contributed by atoms with Crippen molar-refractivity contribution in [3.8, 4) is 0 Å². The van der Waals surface area contributed by atoms with Crippen molar-refractivity contribution in [1.29, 1.82) is 0 Å². The number of carbonyl (C=O) groups excluding carboxylic acids is 5. The van der Waals surface area contributed by atoms with E-state index in [0.717, 1.165) is 7.11 Å². The molecule has 3 amide bonds. The van der Waals surface area contributed by atoms with E-state index in [1.807, 2.05) is 0 Å². The van der Waals surface area contributed by atoms with Gasteiger partial charge in [-0.3, -0.25) is 14.4 Å². The lowest BCUT2D eigenvalue weighted by Gasteiger charge is -2.23. The number of alkyl carbamates (subject to hydrolysis) is 1. The minimum absolute atomic E-state index is 0.100. The standard InChI is InChI=1S/C21H37N3O10S/c1-21(2,3)34-20(29)24-13(19(28)33-7)8-9-15(25)23-14(11-35-12-17(31-5)32-6)18(27)22-10-16(26)30-4/h13-14,17H,8-12H2,1-7H3,(H,22,27)(H,23,25)(H,24,29)/t13-,14-/m0/s1. The van der Waals surface area contributed by atoms with Crippen molar-refractivity contribution in [2.75, 3.05) is 46.5 Å². The molecule has 0 aliphatic carbocycles. The third-order valence-corrected chi connectivity index (χ3v) is 5.26. The molecule has 0 unspecified atom stereocenters. The van der Waals surface area contributed by atoms with Gasteiger partial charge in [0.15, 0.2) is 6.29 Å². The molecular formula is C21H37N3O10S. The van der Waals surface area contributed by atoms with Gasteiger partial charge in [-0.1, -0.05) is 0 Å². The van der Waals surface area contributed by atoms with Crippen molar-refractivity contribution in [3.63, 3.8) is 0 Å². The van der Waals surface area contributed by atoms with Crippen LogP contribution in [0, 0.1) is 0 Å². The second kappa shape index (κ2) is 16.9. The Labute approximate surface area is 209 Å². The van der Waals surface area contributed by atoms with Crippen molar-refractivity contribution in [3.05, 3.63) is 0 Å². The van der Waals surface area contributed by atoms with E-state index in [-0.39, 0.29) is 25.1 Å². The lowest BCUT2D eigenvalue weighted by atomic mass is 10.1. The van der Waals surface area contributed by atoms with E-state index < -0.39 is 53.8 Å². The molecule has 13 nitrogen and oxygen atoms in total. The van der Waals surface area contributed by atoms with Gasteiger partial charge in [0.1, 0.15) is 24.2 Å². The summed E-state index contributed by atoms with van der Waals surface area (Å²) in [7, 11) is 5.28. The third-order valence-electron chi connectivity index (χ3n) is 4.19. The summed E-state index contributed by atoms with van der Waals surface area (Å²) in [5.41, 5.74) is -0.783. The molecule has 0 bridgehead atoms. The van der Waals surface area contributed by atoms with Crippen LogP contribution in [0.5, 0.6) is 0 Å². The monoisotopic (exact) mass is 523 g/mol. The number of carbonyl (C=O) groups is 5. The van der Waals surface area contributed by atoms with E-state index in [1.54, 1.807) is 20.8 Å². The predicted molar refractivity (Wildman–Crippen MR) is 126 cm³/mol. The fourth-order valence-corrected chi connectivity index (χ4v) is 3.51. The van der Waals surface area contributed by atoms with E-state index in [9.17, 15) is 24.0 Å². The average molecular weight is 524 g/mol. The summed E-state index contributed by atoms with van der Waals surface area (Å²) in [6, 6.07) is -2.13. The maximum absolute atomic E-state index is 12.6. The summed E-state index contributed by atoms with van der Waals surface area (Å²) in [5, 5.41) is 7.34. The number of esters is 2. The van der Waals surface area contributed by atoms with Gasteiger partial charge in [0.25, 0.3) is 0 Å². The molecule has 0 aromatic rings. The summed E-state index contributed by atoms with van der Waals surface area (Å²) < 4.78 is 24.5. The van der Waals surface area contributed by atoms with Gasteiger partial charge >= 0.3 is 18.0 Å². The largest absolute Gasteiger partial charge is 0.468 e. The molecule has 0 rings (SSSR count). The Balaban J connectivity index is 5.09. The van der Waals surface area contributed by atoms with Gasteiger partial charge in [0.2, 0.25) is 11.8 Å². The van der Waals surface area contributed by atoms with Gasteiger partial charge in [-0.25, -0.2) is 9.59 Å². The third kappa shape index (κ3) is 15.1. The first-order chi connectivity index (χ1) is 16.4. The van der Waals surface area contributed by atoms with Gasteiger partial charge in [-0.2, -0.15) is 11.8 Å². The Kier molecular flexibility index (Phi) is 15.7. The topological polar surface area (TPSA) is 168 Å². The van der Waals surface area contributed by atoms with Gasteiger partial charge in [0, 0.05) is 32.1 Å². The molecule has 0 aliphatic heterocycles. The lowest BCUT2D eigenvalue weighted by molar-refractivity contribution is -0.143. The molecule has 0 aliphatic rings. The van der Waals surface area contributed by atoms with Crippen LogP contribution in [-0.2, 0) is 42.9 Å². The van der Waals surface area contributed by atoms with Gasteiger partial charge < -0.3 is 39.6 Å². The highest BCUT2D eigenvalue weighted by Crippen LogP contribution is 2.10. The van der Waals surface area contributed by atoms with E-state index in [4.69, 9.17) is 14.2 Å². The van der Waals surface area contributed by atoms with E-state index in [2.05, 4.69) is 25.4 Å². The van der Waals surface area contributed by atoms with Gasteiger partial charge in [-0.15, -0.1) is 0 Å². The van der Waals surface area contributed by atoms with Crippen LogP contribution in [0.3, 0.4) is 0 Å². The molecule has 0 aromatic carbocycles. The van der Waals surface area contributed by atoms with Crippen LogP contribution in [0.1, 0.15) is 33.6 Å². The molecule has 0 aromatic heterocycles. The lowest BCUT2D eigenvalue weighted by Crippen LogP contribution is -2.50. The molecule has 0 radical (unpaired) electrons. The Morgan fingerprint density at radius 2 is 1.49 bits per heavy atom. The number of rotatable bonds is 15. The summed E-state index contributed by atoms with van der Waals surface area (Å²) in [6.45, 7) is 4.63. The fraction of sp³-hybridized carbons (Fsp3) is 0.762. The molecule has 14 heteroatoms. The van der Waals surface area contributed by atoms with Crippen molar-refractivity contribution in [1.82, 2.24) is 16.0 Å². The minimum atomic E-state index is -1.13. The van der Waals surface area contributed by atoms with E-state index in [0.29, 0.717) is 5.75 Å². The fourth-order valence-electron chi connectivity index (χ4n) is 2.43. The summed E-state index contributed by atoms with van der Waals surface area (Å²) in [4.78, 5) is 60.5. The Bertz CT molecular complexity index is 710. The number of methoxy groups -OCH3 is 4. The first kappa shape index (κ1) is 32.4. The number of amides is 3. The number of ether oxygens (including phenoxy) is 5. The maximum atomic E-state index is 12.6.